The van der Waals surface area contributed by atoms with Gasteiger partial charge >= 0.3 is 6.18 Å². The van der Waals surface area contributed by atoms with Gasteiger partial charge in [-0.2, -0.15) is 13.2 Å². The van der Waals surface area contributed by atoms with Crippen molar-refractivity contribution in [3.63, 3.8) is 0 Å². The number of phenols is 1. The van der Waals surface area contributed by atoms with Gasteiger partial charge in [-0.05, 0) is 23.8 Å². The van der Waals surface area contributed by atoms with Crippen molar-refractivity contribution in [1.29, 1.82) is 0 Å². The highest BCUT2D eigenvalue weighted by Gasteiger charge is 2.34. The maximum absolute atomic E-state index is 13.5. The first-order valence-electron chi connectivity index (χ1n) is 5.25. The Hall–Kier alpha value is -1.46. The largest absolute Gasteiger partial charge is 0.506 e. The first-order valence-corrected chi connectivity index (χ1v) is 6.01. The lowest BCUT2D eigenvalue weighted by atomic mass is 10.0. The molecule has 1 N–H and O–H groups in total. The Balaban J connectivity index is 2.55. The van der Waals surface area contributed by atoms with Crippen LogP contribution in [-0.4, -0.2) is 5.11 Å². The SMILES string of the molecule is Oc1cc(Cl)c(-c2ccc(C(F)(F)F)c(F)c2)cc1Cl. The third kappa shape index (κ3) is 2.83. The van der Waals surface area contributed by atoms with Crippen molar-refractivity contribution in [2.24, 2.45) is 0 Å². The summed E-state index contributed by atoms with van der Waals surface area (Å²) in [6.07, 6.45) is -4.76. The maximum atomic E-state index is 13.5. The van der Waals surface area contributed by atoms with Crippen LogP contribution in [0.15, 0.2) is 30.3 Å². The lowest BCUT2D eigenvalue weighted by Crippen LogP contribution is -2.07. The molecule has 0 aliphatic carbocycles. The average molecular weight is 325 g/mol. The number of benzene rings is 2. The summed E-state index contributed by atoms with van der Waals surface area (Å²) in [4.78, 5) is 0. The highest BCUT2D eigenvalue weighted by molar-refractivity contribution is 6.36. The fourth-order valence-electron chi connectivity index (χ4n) is 1.67. The molecule has 2 rings (SSSR count). The normalized spacial score (nSPS) is 11.7. The lowest BCUT2D eigenvalue weighted by Gasteiger charge is -2.11. The van der Waals surface area contributed by atoms with Crippen LogP contribution in [0.4, 0.5) is 17.6 Å². The third-order valence-electron chi connectivity index (χ3n) is 2.62. The van der Waals surface area contributed by atoms with Gasteiger partial charge in [-0.25, -0.2) is 4.39 Å². The molecule has 7 heteroatoms. The molecule has 0 spiro atoms. The van der Waals surface area contributed by atoms with Crippen LogP contribution >= 0.6 is 23.2 Å². The van der Waals surface area contributed by atoms with Gasteiger partial charge in [0.2, 0.25) is 0 Å². The zero-order chi connectivity index (χ0) is 15.1. The van der Waals surface area contributed by atoms with E-state index in [0.717, 1.165) is 18.2 Å². The van der Waals surface area contributed by atoms with Gasteiger partial charge < -0.3 is 5.11 Å². The number of alkyl halides is 3. The summed E-state index contributed by atoms with van der Waals surface area (Å²) < 4.78 is 50.9. The number of rotatable bonds is 1. The Morgan fingerprint density at radius 3 is 2.15 bits per heavy atom. The molecule has 106 valence electrons. The van der Waals surface area contributed by atoms with Gasteiger partial charge in [0.05, 0.1) is 15.6 Å². The number of hydrogen-bond donors (Lipinski definition) is 1. The fourth-order valence-corrected chi connectivity index (χ4v) is 2.10. The minimum absolute atomic E-state index is 0.0373. The van der Waals surface area contributed by atoms with Crippen molar-refractivity contribution in [1.82, 2.24) is 0 Å². The van der Waals surface area contributed by atoms with Gasteiger partial charge in [0.25, 0.3) is 0 Å². The van der Waals surface area contributed by atoms with E-state index in [0.29, 0.717) is 6.07 Å². The highest BCUT2D eigenvalue weighted by atomic mass is 35.5. The molecule has 0 aliphatic heterocycles. The van der Waals surface area contributed by atoms with Crippen molar-refractivity contribution < 1.29 is 22.7 Å². The topological polar surface area (TPSA) is 20.2 Å². The van der Waals surface area contributed by atoms with Gasteiger partial charge in [0, 0.05) is 11.6 Å². The predicted molar refractivity (Wildman–Crippen MR) is 68.5 cm³/mol. The highest BCUT2D eigenvalue weighted by Crippen LogP contribution is 2.38. The molecule has 2 aromatic rings. The molecule has 0 atom stereocenters. The van der Waals surface area contributed by atoms with Gasteiger partial charge in [0.1, 0.15) is 11.6 Å². The Morgan fingerprint density at radius 1 is 0.950 bits per heavy atom. The standard InChI is InChI=1S/C13H6Cl2F4O/c14-9-5-12(20)10(15)4-7(9)6-1-2-8(11(16)3-6)13(17,18)19/h1-5,20H. The molecule has 0 saturated heterocycles. The molecule has 0 aliphatic rings. The molecule has 0 unspecified atom stereocenters. The van der Waals surface area contributed by atoms with Crippen LogP contribution in [0.5, 0.6) is 5.75 Å². The van der Waals surface area contributed by atoms with E-state index in [1.54, 1.807) is 0 Å². The summed E-state index contributed by atoms with van der Waals surface area (Å²) in [5.41, 5.74) is -1.01. The van der Waals surface area contributed by atoms with Gasteiger partial charge in [0.15, 0.2) is 0 Å². The number of halogens is 6. The summed E-state index contributed by atoms with van der Waals surface area (Å²) in [5, 5.41) is 9.35. The van der Waals surface area contributed by atoms with Crippen LogP contribution < -0.4 is 0 Å². The van der Waals surface area contributed by atoms with E-state index in [1.807, 2.05) is 0 Å². The van der Waals surface area contributed by atoms with Crippen LogP contribution in [0, 0.1) is 5.82 Å². The number of phenolic OH excluding ortho intramolecular Hbond substituents is 1. The number of hydrogen-bond acceptors (Lipinski definition) is 1. The molecule has 0 fully saturated rings. The van der Waals surface area contributed by atoms with Gasteiger partial charge in [-0.15, -0.1) is 0 Å². The van der Waals surface area contributed by atoms with Crippen molar-refractivity contribution in [2.75, 3.05) is 0 Å². The Kier molecular flexibility index (Phi) is 3.84. The summed E-state index contributed by atoms with van der Waals surface area (Å²) >= 11 is 11.6. The molecule has 20 heavy (non-hydrogen) atoms. The van der Waals surface area contributed by atoms with Crippen LogP contribution in [0.1, 0.15) is 5.56 Å². The Morgan fingerprint density at radius 2 is 1.60 bits per heavy atom. The van der Waals surface area contributed by atoms with Crippen molar-refractivity contribution in [3.8, 4) is 16.9 Å². The molecule has 0 aromatic heterocycles. The van der Waals surface area contributed by atoms with Crippen molar-refractivity contribution in [3.05, 3.63) is 51.8 Å². The van der Waals surface area contributed by atoms with Crippen LogP contribution in [0.25, 0.3) is 11.1 Å². The van der Waals surface area contributed by atoms with E-state index in [2.05, 4.69) is 0 Å². The maximum Gasteiger partial charge on any atom is 0.419 e. The molecular formula is C13H6Cl2F4O. The molecule has 0 radical (unpaired) electrons. The second-order valence-electron chi connectivity index (χ2n) is 3.98. The van der Waals surface area contributed by atoms with E-state index in [9.17, 15) is 22.7 Å². The smallest absolute Gasteiger partial charge is 0.419 e. The summed E-state index contributed by atoms with van der Waals surface area (Å²) in [5.74, 6) is -1.68. The predicted octanol–water partition coefficient (Wildman–Crippen LogP) is 5.52. The molecule has 0 amide bonds. The third-order valence-corrected chi connectivity index (χ3v) is 3.24. The van der Waals surface area contributed by atoms with Crippen LogP contribution in [-0.2, 0) is 6.18 Å². The van der Waals surface area contributed by atoms with E-state index < -0.39 is 17.6 Å². The molecule has 0 heterocycles. The zero-order valence-corrected chi connectivity index (χ0v) is 11.1. The molecule has 2 aromatic carbocycles. The van der Waals surface area contributed by atoms with Crippen LogP contribution in [0.3, 0.4) is 0 Å². The average Bonchev–Trinajstić information content (AvgIpc) is 2.32. The molecule has 0 saturated carbocycles. The lowest BCUT2D eigenvalue weighted by molar-refractivity contribution is -0.139. The Bertz CT molecular complexity index is 668. The van der Waals surface area contributed by atoms with E-state index >= 15 is 0 Å². The Labute approximate surface area is 121 Å². The van der Waals surface area contributed by atoms with Gasteiger partial charge in [-0.1, -0.05) is 29.3 Å². The van der Waals surface area contributed by atoms with E-state index in [-0.39, 0.29) is 26.9 Å². The molecular weight excluding hydrogens is 319 g/mol. The molecule has 0 bridgehead atoms. The minimum atomic E-state index is -4.76. The summed E-state index contributed by atoms with van der Waals surface area (Å²) in [6, 6.07) is 4.82. The first-order chi connectivity index (χ1) is 9.20. The summed E-state index contributed by atoms with van der Waals surface area (Å²) in [7, 11) is 0. The van der Waals surface area contributed by atoms with Crippen molar-refractivity contribution in [2.45, 2.75) is 6.18 Å². The first kappa shape index (κ1) is 14.9. The van der Waals surface area contributed by atoms with Gasteiger partial charge in [-0.3, -0.25) is 0 Å². The van der Waals surface area contributed by atoms with E-state index in [4.69, 9.17) is 23.2 Å². The monoisotopic (exact) mass is 324 g/mol. The number of aromatic hydroxyl groups is 1. The molecule has 1 nitrogen and oxygen atoms in total. The second kappa shape index (κ2) is 5.14. The fraction of sp³-hybridized carbons (Fsp3) is 0.0769. The second-order valence-corrected chi connectivity index (χ2v) is 4.79. The van der Waals surface area contributed by atoms with E-state index in [1.165, 1.54) is 6.07 Å². The van der Waals surface area contributed by atoms with Crippen LogP contribution in [0.2, 0.25) is 10.0 Å². The van der Waals surface area contributed by atoms with Crippen molar-refractivity contribution >= 4 is 23.2 Å². The summed E-state index contributed by atoms with van der Waals surface area (Å²) in [6.45, 7) is 0. The quantitative estimate of drug-likeness (QED) is 0.684. The minimum Gasteiger partial charge on any atom is -0.506 e. The zero-order valence-electron chi connectivity index (χ0n) is 9.60.